The van der Waals surface area contributed by atoms with E-state index in [1.54, 1.807) is 0 Å². The first-order valence-corrected chi connectivity index (χ1v) is 9.47. The maximum absolute atomic E-state index is 12.3. The fourth-order valence-electron chi connectivity index (χ4n) is 3.29. The number of carbonyl (C=O) groups is 4. The third kappa shape index (κ3) is 7.03. The highest BCUT2D eigenvalue weighted by Crippen LogP contribution is 2.19. The van der Waals surface area contributed by atoms with Crippen molar-refractivity contribution in [2.45, 2.75) is 43.6 Å². The van der Waals surface area contributed by atoms with Crippen molar-refractivity contribution < 1.29 is 37.5 Å². The summed E-state index contributed by atoms with van der Waals surface area (Å²) in [5.41, 5.74) is 6.79. The number of amides is 3. The fourth-order valence-corrected chi connectivity index (χ4v) is 3.29. The van der Waals surface area contributed by atoms with E-state index < -0.39 is 18.2 Å². The summed E-state index contributed by atoms with van der Waals surface area (Å²) in [6.07, 6.45) is -3.37. The van der Waals surface area contributed by atoms with Gasteiger partial charge in [-0.05, 0) is 18.4 Å². The van der Waals surface area contributed by atoms with Crippen molar-refractivity contribution in [1.29, 1.82) is 0 Å². The summed E-state index contributed by atoms with van der Waals surface area (Å²) < 4.78 is 31.7. The molecule has 3 amide bonds. The number of piperidine rings is 1. The van der Waals surface area contributed by atoms with E-state index in [4.69, 9.17) is 15.6 Å². The van der Waals surface area contributed by atoms with Crippen LogP contribution in [-0.2, 0) is 19.2 Å². The molecular formula is C19H23F3N4O5. The average molecular weight is 444 g/mol. The van der Waals surface area contributed by atoms with Gasteiger partial charge in [0.1, 0.15) is 6.04 Å². The predicted octanol–water partition coefficient (Wildman–Crippen LogP) is 0.315. The number of nitrogens with zero attached hydrogens (tertiary/aromatic N) is 1. The molecule has 5 N–H and O–H groups in total. The second-order valence-electron chi connectivity index (χ2n) is 7.14. The highest BCUT2D eigenvalue weighted by Gasteiger charge is 2.38. The zero-order valence-electron chi connectivity index (χ0n) is 16.4. The molecule has 170 valence electrons. The molecular weight excluding hydrogens is 421 g/mol. The minimum Gasteiger partial charge on any atom is -0.475 e. The number of carboxylic acids is 1. The zero-order valence-corrected chi connectivity index (χ0v) is 16.4. The van der Waals surface area contributed by atoms with Gasteiger partial charge < -0.3 is 16.2 Å². The number of imide groups is 1. The molecule has 0 aromatic heterocycles. The number of nitrogens with two attached hydrogens (primary N) is 1. The number of likely N-dealkylation sites (tertiary alicyclic amines) is 1. The lowest BCUT2D eigenvalue weighted by Gasteiger charge is -2.35. The van der Waals surface area contributed by atoms with Gasteiger partial charge in [-0.1, -0.05) is 30.3 Å². The Balaban J connectivity index is 0.000000423. The van der Waals surface area contributed by atoms with Crippen molar-refractivity contribution in [2.75, 3.05) is 13.1 Å². The number of hydrogen-bond donors (Lipinski definition) is 4. The summed E-state index contributed by atoms with van der Waals surface area (Å²) in [4.78, 5) is 46.2. The molecule has 0 aliphatic carbocycles. The maximum atomic E-state index is 12.3. The largest absolute Gasteiger partial charge is 0.490 e. The third-order valence-corrected chi connectivity index (χ3v) is 4.94. The van der Waals surface area contributed by atoms with Crippen molar-refractivity contribution in [1.82, 2.24) is 15.5 Å². The highest BCUT2D eigenvalue weighted by atomic mass is 19.4. The van der Waals surface area contributed by atoms with Gasteiger partial charge in [-0.2, -0.15) is 13.2 Å². The Hall–Kier alpha value is -2.99. The molecule has 2 fully saturated rings. The normalized spacial score (nSPS) is 21.0. The quantitative estimate of drug-likeness (QED) is 0.490. The Morgan fingerprint density at radius 1 is 1.16 bits per heavy atom. The van der Waals surface area contributed by atoms with Crippen molar-refractivity contribution >= 4 is 23.7 Å². The van der Waals surface area contributed by atoms with Gasteiger partial charge in [0.15, 0.2) is 0 Å². The molecule has 2 saturated heterocycles. The Bertz CT molecular complexity index is 811. The van der Waals surface area contributed by atoms with Crippen LogP contribution in [0.25, 0.3) is 0 Å². The van der Waals surface area contributed by atoms with Crippen LogP contribution in [0, 0.1) is 0 Å². The van der Waals surface area contributed by atoms with Crippen LogP contribution in [0.3, 0.4) is 0 Å². The Kier molecular flexibility index (Phi) is 8.11. The van der Waals surface area contributed by atoms with Crippen molar-refractivity contribution in [3.63, 3.8) is 0 Å². The highest BCUT2D eigenvalue weighted by molar-refractivity contribution is 6.05. The van der Waals surface area contributed by atoms with Crippen LogP contribution >= 0.6 is 0 Å². The second kappa shape index (κ2) is 10.4. The first-order valence-electron chi connectivity index (χ1n) is 9.47. The van der Waals surface area contributed by atoms with E-state index in [1.807, 2.05) is 35.2 Å². The summed E-state index contributed by atoms with van der Waals surface area (Å²) in [7, 11) is 0. The lowest BCUT2D eigenvalue weighted by atomic mass is 10.0. The Morgan fingerprint density at radius 3 is 2.16 bits per heavy atom. The molecule has 1 aromatic carbocycles. The molecule has 3 rings (SSSR count). The number of carboxylic acid groups (broad SMARTS) is 1. The number of aliphatic carboxylic acids is 1. The van der Waals surface area contributed by atoms with Gasteiger partial charge in [0.25, 0.3) is 0 Å². The smallest absolute Gasteiger partial charge is 0.475 e. The number of halogens is 3. The van der Waals surface area contributed by atoms with Gasteiger partial charge in [0, 0.05) is 19.1 Å². The molecule has 2 aliphatic heterocycles. The maximum Gasteiger partial charge on any atom is 0.490 e. The summed E-state index contributed by atoms with van der Waals surface area (Å²) in [5, 5.41) is 12.5. The van der Waals surface area contributed by atoms with Gasteiger partial charge in [-0.15, -0.1) is 0 Å². The van der Waals surface area contributed by atoms with E-state index in [0.717, 1.165) is 18.4 Å². The van der Waals surface area contributed by atoms with Crippen LogP contribution in [0.5, 0.6) is 0 Å². The molecule has 2 atom stereocenters. The molecule has 12 heteroatoms. The predicted molar refractivity (Wildman–Crippen MR) is 101 cm³/mol. The lowest BCUT2D eigenvalue weighted by molar-refractivity contribution is -0.192. The molecule has 1 unspecified atom stereocenters. The number of nitrogens with one attached hydrogen (secondary N) is 2. The topological polar surface area (TPSA) is 142 Å². The molecule has 1 aromatic rings. The number of alkyl halides is 3. The van der Waals surface area contributed by atoms with Crippen molar-refractivity contribution in [3.8, 4) is 0 Å². The van der Waals surface area contributed by atoms with Crippen LogP contribution in [0.15, 0.2) is 30.3 Å². The van der Waals surface area contributed by atoms with Crippen LogP contribution < -0.4 is 16.4 Å². The molecule has 0 bridgehead atoms. The van der Waals surface area contributed by atoms with E-state index in [-0.39, 0.29) is 36.2 Å². The summed E-state index contributed by atoms with van der Waals surface area (Å²) in [6.45, 7) is 1.35. The van der Waals surface area contributed by atoms with Crippen LogP contribution in [-0.4, -0.2) is 65.0 Å². The SMILES string of the molecule is N[C@@H](C(=O)NC1CCN(C2CC(=O)NC2=O)CC1)c1ccccc1.O=C(O)C(F)(F)F. The first-order chi connectivity index (χ1) is 14.5. The number of benzene rings is 1. The minimum atomic E-state index is -5.08. The van der Waals surface area contributed by atoms with Gasteiger partial charge >= 0.3 is 12.1 Å². The Morgan fingerprint density at radius 2 is 1.71 bits per heavy atom. The molecule has 0 spiro atoms. The van der Waals surface area contributed by atoms with Crippen molar-refractivity contribution in [3.05, 3.63) is 35.9 Å². The van der Waals surface area contributed by atoms with Gasteiger partial charge in [0.2, 0.25) is 17.7 Å². The standard InChI is InChI=1S/C17H22N4O3.C2HF3O2/c18-15(11-4-2-1-3-5-11)17(24)19-12-6-8-21(9-7-12)13-10-14(22)20-16(13)23;3-2(4,5)1(6)7/h1-5,12-13,15H,6-10,18H2,(H,19,24)(H,20,22,23);(H,6,7)/t13?,15-;/m1./s1. The van der Waals surface area contributed by atoms with Gasteiger partial charge in [-0.3, -0.25) is 24.6 Å². The minimum absolute atomic E-state index is 0.0451. The number of rotatable bonds is 4. The zero-order chi connectivity index (χ0) is 23.2. The van der Waals surface area contributed by atoms with Crippen molar-refractivity contribution in [2.24, 2.45) is 5.73 Å². The Labute approximate surface area is 175 Å². The molecule has 0 saturated carbocycles. The molecule has 0 radical (unpaired) electrons. The van der Waals surface area contributed by atoms with E-state index in [9.17, 15) is 27.6 Å². The average Bonchev–Trinajstić information content (AvgIpc) is 3.06. The first kappa shape index (κ1) is 24.3. The van der Waals surface area contributed by atoms with E-state index in [0.29, 0.717) is 13.1 Å². The summed E-state index contributed by atoms with van der Waals surface area (Å²) in [5.74, 6) is -3.37. The molecule has 31 heavy (non-hydrogen) atoms. The van der Waals surface area contributed by atoms with E-state index >= 15 is 0 Å². The third-order valence-electron chi connectivity index (χ3n) is 4.94. The number of carbonyl (C=O) groups excluding carboxylic acids is 3. The van der Waals surface area contributed by atoms with E-state index in [2.05, 4.69) is 10.6 Å². The number of hydrogen-bond acceptors (Lipinski definition) is 6. The molecule has 2 aliphatic rings. The lowest BCUT2D eigenvalue weighted by Crippen LogP contribution is -2.51. The molecule has 9 nitrogen and oxygen atoms in total. The monoisotopic (exact) mass is 444 g/mol. The fraction of sp³-hybridized carbons (Fsp3) is 0.474. The van der Waals surface area contributed by atoms with E-state index in [1.165, 1.54) is 0 Å². The summed E-state index contributed by atoms with van der Waals surface area (Å²) >= 11 is 0. The molecule has 2 heterocycles. The van der Waals surface area contributed by atoms with Gasteiger partial charge in [-0.25, -0.2) is 4.79 Å². The van der Waals surface area contributed by atoms with Gasteiger partial charge in [0.05, 0.1) is 12.5 Å². The van der Waals surface area contributed by atoms with Crippen LogP contribution in [0.2, 0.25) is 0 Å². The van der Waals surface area contributed by atoms with Crippen LogP contribution in [0.1, 0.15) is 30.9 Å². The van der Waals surface area contributed by atoms with Crippen LogP contribution in [0.4, 0.5) is 13.2 Å². The second-order valence-corrected chi connectivity index (χ2v) is 7.14. The summed E-state index contributed by atoms with van der Waals surface area (Å²) in [6, 6.07) is 8.27.